The van der Waals surface area contributed by atoms with Gasteiger partial charge in [-0.2, -0.15) is 4.31 Å². The van der Waals surface area contributed by atoms with Crippen molar-refractivity contribution in [2.24, 2.45) is 5.92 Å². The van der Waals surface area contributed by atoms with Gasteiger partial charge in [0.2, 0.25) is 15.9 Å². The van der Waals surface area contributed by atoms with Crippen molar-refractivity contribution in [3.63, 3.8) is 0 Å². The number of rotatable bonds is 8. The van der Waals surface area contributed by atoms with Crippen molar-refractivity contribution in [1.82, 2.24) is 19.5 Å². The van der Waals surface area contributed by atoms with Crippen LogP contribution in [-0.4, -0.2) is 60.7 Å². The standard InChI is InChI=1S/C23H31N5O4S/c1-3-27(4-2)22(29)19-8-6-14-28(17-19)33(31,32)21-11-9-20(10-12-21)26-23(30)25-16-18-7-5-13-24-15-18/h5,7,9-13,15,19H,3-4,6,8,14,16-17H2,1-2H3,(H2,25,26,30)/t19-/m0/s1. The van der Waals surface area contributed by atoms with Crippen molar-refractivity contribution in [1.29, 1.82) is 0 Å². The predicted molar refractivity (Wildman–Crippen MR) is 126 cm³/mol. The van der Waals surface area contributed by atoms with E-state index in [4.69, 9.17) is 0 Å². The van der Waals surface area contributed by atoms with Crippen LogP contribution in [0.1, 0.15) is 32.3 Å². The number of sulfonamides is 1. The second-order valence-electron chi connectivity index (χ2n) is 7.91. The van der Waals surface area contributed by atoms with Gasteiger partial charge in [-0.1, -0.05) is 6.07 Å². The monoisotopic (exact) mass is 473 g/mol. The Hall–Kier alpha value is -2.98. The van der Waals surface area contributed by atoms with Crippen molar-refractivity contribution in [3.05, 3.63) is 54.4 Å². The molecule has 33 heavy (non-hydrogen) atoms. The molecule has 178 valence electrons. The van der Waals surface area contributed by atoms with E-state index in [-0.39, 0.29) is 23.3 Å². The Balaban J connectivity index is 1.60. The fourth-order valence-electron chi connectivity index (χ4n) is 3.88. The van der Waals surface area contributed by atoms with E-state index in [9.17, 15) is 18.0 Å². The number of anilines is 1. The average molecular weight is 474 g/mol. The van der Waals surface area contributed by atoms with Gasteiger partial charge < -0.3 is 15.5 Å². The third kappa shape index (κ3) is 6.29. The van der Waals surface area contributed by atoms with E-state index in [0.29, 0.717) is 44.7 Å². The highest BCUT2D eigenvalue weighted by Crippen LogP contribution is 2.26. The van der Waals surface area contributed by atoms with E-state index in [1.165, 1.54) is 16.4 Å². The normalized spacial score (nSPS) is 16.7. The molecule has 0 unspecified atom stereocenters. The summed E-state index contributed by atoms with van der Waals surface area (Å²) in [5.41, 5.74) is 1.35. The van der Waals surface area contributed by atoms with Crippen molar-refractivity contribution in [2.45, 2.75) is 38.1 Å². The van der Waals surface area contributed by atoms with Crippen LogP contribution in [0, 0.1) is 5.92 Å². The molecule has 0 aliphatic carbocycles. The van der Waals surface area contributed by atoms with Gasteiger partial charge in [-0.3, -0.25) is 9.78 Å². The number of carbonyl (C=O) groups is 2. The van der Waals surface area contributed by atoms with Gasteiger partial charge in [0.1, 0.15) is 0 Å². The lowest BCUT2D eigenvalue weighted by Gasteiger charge is -2.33. The first-order chi connectivity index (χ1) is 15.8. The minimum atomic E-state index is -3.73. The maximum Gasteiger partial charge on any atom is 0.319 e. The van der Waals surface area contributed by atoms with Crippen molar-refractivity contribution in [3.8, 4) is 0 Å². The summed E-state index contributed by atoms with van der Waals surface area (Å²) >= 11 is 0. The lowest BCUT2D eigenvalue weighted by molar-refractivity contribution is -0.136. The van der Waals surface area contributed by atoms with E-state index >= 15 is 0 Å². The molecule has 3 amide bonds. The molecule has 0 bridgehead atoms. The van der Waals surface area contributed by atoms with Crippen LogP contribution in [0.4, 0.5) is 10.5 Å². The molecule has 10 heteroatoms. The van der Waals surface area contributed by atoms with Crippen molar-refractivity contribution >= 4 is 27.6 Å². The van der Waals surface area contributed by atoms with Gasteiger partial charge in [0.25, 0.3) is 0 Å². The van der Waals surface area contributed by atoms with Gasteiger partial charge in [0.15, 0.2) is 0 Å². The Kier molecular flexibility index (Phi) is 8.40. The summed E-state index contributed by atoms with van der Waals surface area (Å²) in [7, 11) is -3.73. The maximum atomic E-state index is 13.2. The minimum Gasteiger partial charge on any atom is -0.343 e. The Morgan fingerprint density at radius 2 is 1.88 bits per heavy atom. The first-order valence-corrected chi connectivity index (χ1v) is 12.6. The van der Waals surface area contributed by atoms with Gasteiger partial charge in [-0.05, 0) is 62.6 Å². The highest BCUT2D eigenvalue weighted by atomic mass is 32.2. The number of urea groups is 1. The van der Waals surface area contributed by atoms with E-state index in [1.54, 1.807) is 35.5 Å². The third-order valence-electron chi connectivity index (χ3n) is 5.73. The Morgan fingerprint density at radius 3 is 2.52 bits per heavy atom. The first-order valence-electron chi connectivity index (χ1n) is 11.2. The summed E-state index contributed by atoms with van der Waals surface area (Å²) in [6.45, 7) is 5.98. The second kappa shape index (κ2) is 11.2. The summed E-state index contributed by atoms with van der Waals surface area (Å²) in [5, 5.41) is 5.41. The number of hydrogen-bond donors (Lipinski definition) is 2. The summed E-state index contributed by atoms with van der Waals surface area (Å²) in [6.07, 6.45) is 4.67. The van der Waals surface area contributed by atoms with E-state index in [1.807, 2.05) is 19.9 Å². The first kappa shape index (κ1) is 24.7. The fourth-order valence-corrected chi connectivity index (χ4v) is 5.40. The van der Waals surface area contributed by atoms with Crippen LogP contribution in [0.3, 0.4) is 0 Å². The largest absolute Gasteiger partial charge is 0.343 e. The van der Waals surface area contributed by atoms with Crippen LogP contribution >= 0.6 is 0 Å². The van der Waals surface area contributed by atoms with Crippen LogP contribution in [0.2, 0.25) is 0 Å². The number of nitrogens with one attached hydrogen (secondary N) is 2. The summed E-state index contributed by atoms with van der Waals surface area (Å²) in [5.74, 6) is -0.311. The molecule has 1 aromatic carbocycles. The quantitative estimate of drug-likeness (QED) is 0.612. The molecule has 0 spiro atoms. The number of aromatic nitrogens is 1. The van der Waals surface area contributed by atoms with Crippen LogP contribution in [0.15, 0.2) is 53.7 Å². The Morgan fingerprint density at radius 1 is 1.15 bits per heavy atom. The smallest absolute Gasteiger partial charge is 0.319 e. The van der Waals surface area contributed by atoms with E-state index < -0.39 is 16.1 Å². The van der Waals surface area contributed by atoms with Gasteiger partial charge in [-0.15, -0.1) is 0 Å². The molecule has 1 aliphatic heterocycles. The molecule has 1 fully saturated rings. The molecule has 1 atom stereocenters. The van der Waals surface area contributed by atoms with Gasteiger partial charge in [0.05, 0.1) is 10.8 Å². The molecular weight excluding hydrogens is 442 g/mol. The van der Waals surface area contributed by atoms with Crippen LogP contribution in [0.25, 0.3) is 0 Å². The van der Waals surface area contributed by atoms with Gasteiger partial charge in [-0.25, -0.2) is 13.2 Å². The number of pyridine rings is 1. The molecule has 1 aliphatic rings. The van der Waals surface area contributed by atoms with Crippen LogP contribution in [-0.2, 0) is 21.4 Å². The molecule has 2 N–H and O–H groups in total. The summed E-state index contributed by atoms with van der Waals surface area (Å²) in [4.78, 5) is 30.7. The number of amides is 3. The lowest BCUT2D eigenvalue weighted by Crippen LogP contribution is -2.46. The second-order valence-corrected chi connectivity index (χ2v) is 9.84. The van der Waals surface area contributed by atoms with Gasteiger partial charge in [0, 0.05) is 50.8 Å². The fraction of sp³-hybridized carbons (Fsp3) is 0.435. The highest BCUT2D eigenvalue weighted by Gasteiger charge is 2.34. The zero-order valence-corrected chi connectivity index (χ0v) is 19.8. The topological polar surface area (TPSA) is 112 Å². The Labute approximate surface area is 195 Å². The van der Waals surface area contributed by atoms with Crippen molar-refractivity contribution < 1.29 is 18.0 Å². The zero-order chi connectivity index (χ0) is 23.8. The molecule has 2 heterocycles. The molecule has 2 aromatic rings. The molecular formula is C23H31N5O4S. The summed E-state index contributed by atoms with van der Waals surface area (Å²) in [6, 6.07) is 9.30. The predicted octanol–water partition coefficient (Wildman–Crippen LogP) is 2.67. The molecule has 1 saturated heterocycles. The lowest BCUT2D eigenvalue weighted by atomic mass is 9.98. The molecule has 9 nitrogen and oxygen atoms in total. The molecule has 0 radical (unpaired) electrons. The van der Waals surface area contributed by atoms with Gasteiger partial charge >= 0.3 is 6.03 Å². The third-order valence-corrected chi connectivity index (χ3v) is 7.61. The highest BCUT2D eigenvalue weighted by molar-refractivity contribution is 7.89. The molecule has 3 rings (SSSR count). The number of benzene rings is 1. The van der Waals surface area contributed by atoms with E-state index in [2.05, 4.69) is 15.6 Å². The molecule has 1 aromatic heterocycles. The molecule has 0 saturated carbocycles. The number of hydrogen-bond acceptors (Lipinski definition) is 5. The number of carbonyl (C=O) groups excluding carboxylic acids is 2. The zero-order valence-electron chi connectivity index (χ0n) is 19.0. The minimum absolute atomic E-state index is 0.0109. The maximum absolute atomic E-state index is 13.2. The Bertz CT molecular complexity index is 1040. The van der Waals surface area contributed by atoms with Crippen molar-refractivity contribution in [2.75, 3.05) is 31.5 Å². The van der Waals surface area contributed by atoms with Crippen LogP contribution in [0.5, 0.6) is 0 Å². The number of piperidine rings is 1. The SMILES string of the molecule is CCN(CC)C(=O)[C@H]1CCCN(S(=O)(=O)c2ccc(NC(=O)NCc3cccnc3)cc2)C1. The summed E-state index contributed by atoms with van der Waals surface area (Å²) < 4.78 is 27.7. The van der Waals surface area contributed by atoms with E-state index in [0.717, 1.165) is 5.56 Å². The number of nitrogens with zero attached hydrogens (tertiary/aromatic N) is 3. The van der Waals surface area contributed by atoms with Crippen LogP contribution < -0.4 is 10.6 Å². The average Bonchev–Trinajstić information content (AvgIpc) is 2.84.